The maximum Gasteiger partial charge on any atom is 0.150 e. The summed E-state index contributed by atoms with van der Waals surface area (Å²) in [5.74, 6) is 0. The Balaban J connectivity index is 2.06. The molecule has 5 nitrogen and oxygen atoms in total. The van der Waals surface area contributed by atoms with E-state index >= 15 is 0 Å². The minimum Gasteiger partial charge on any atom is -0.359 e. The van der Waals surface area contributed by atoms with Gasteiger partial charge in [-0.15, -0.1) is 5.10 Å². The topological polar surface area (TPSA) is 57.0 Å². The van der Waals surface area contributed by atoms with Gasteiger partial charge in [0.25, 0.3) is 0 Å². The van der Waals surface area contributed by atoms with E-state index in [2.05, 4.69) is 23.4 Å². The predicted molar refractivity (Wildman–Crippen MR) is 71.2 cm³/mol. The standard InChI is InChI=1S/C12H16N3O2Si/c1-18(2)6-5-17-9-15-12-7-10(8-16)3-4-11(12)13-14-15/h3-4,7-8H,5-6,9H2,1-2H3. The molecule has 0 saturated carbocycles. The molecule has 2 rings (SSSR count). The maximum atomic E-state index is 10.7. The van der Waals surface area contributed by atoms with E-state index in [-0.39, 0.29) is 8.80 Å². The lowest BCUT2D eigenvalue weighted by Gasteiger charge is -2.06. The minimum absolute atomic E-state index is 0.244. The van der Waals surface area contributed by atoms with Crippen LogP contribution in [0, 0.1) is 0 Å². The number of carbonyl (C=O) groups excluding carboxylic acids is 1. The maximum absolute atomic E-state index is 10.7. The number of nitrogens with zero attached hydrogens (tertiary/aromatic N) is 3. The average molecular weight is 262 g/mol. The summed E-state index contributed by atoms with van der Waals surface area (Å²) in [7, 11) is -0.244. The Morgan fingerprint density at radius 3 is 3.00 bits per heavy atom. The first-order valence-corrected chi connectivity index (χ1v) is 8.56. The number of rotatable bonds is 6. The van der Waals surface area contributed by atoms with Crippen molar-refractivity contribution in [3.05, 3.63) is 23.8 Å². The zero-order valence-electron chi connectivity index (χ0n) is 10.6. The molecule has 0 aliphatic carbocycles. The Hall–Kier alpha value is -1.53. The highest BCUT2D eigenvalue weighted by Crippen LogP contribution is 2.12. The van der Waals surface area contributed by atoms with Crippen molar-refractivity contribution in [2.24, 2.45) is 0 Å². The second-order valence-corrected chi connectivity index (χ2v) is 7.36. The number of hydrogen-bond acceptors (Lipinski definition) is 4. The summed E-state index contributed by atoms with van der Waals surface area (Å²) in [4.78, 5) is 10.7. The van der Waals surface area contributed by atoms with Gasteiger partial charge >= 0.3 is 0 Å². The van der Waals surface area contributed by atoms with Crippen molar-refractivity contribution >= 4 is 26.1 Å². The van der Waals surface area contributed by atoms with E-state index in [1.165, 1.54) is 0 Å². The first kappa shape index (κ1) is 12.9. The number of carbonyl (C=O) groups is 1. The predicted octanol–water partition coefficient (Wildman–Crippen LogP) is 1.97. The second kappa shape index (κ2) is 5.88. The quantitative estimate of drug-likeness (QED) is 0.454. The first-order valence-electron chi connectivity index (χ1n) is 5.86. The van der Waals surface area contributed by atoms with E-state index in [0.717, 1.165) is 30.0 Å². The van der Waals surface area contributed by atoms with Gasteiger partial charge in [0, 0.05) is 21.0 Å². The van der Waals surface area contributed by atoms with Gasteiger partial charge < -0.3 is 4.74 Å². The van der Waals surface area contributed by atoms with Gasteiger partial charge in [0.15, 0.2) is 0 Å². The summed E-state index contributed by atoms with van der Waals surface area (Å²) in [5, 5.41) is 8.05. The summed E-state index contributed by atoms with van der Waals surface area (Å²) in [5.41, 5.74) is 2.23. The molecule has 6 heteroatoms. The van der Waals surface area contributed by atoms with Gasteiger partial charge in [0.05, 0.1) is 5.52 Å². The highest BCUT2D eigenvalue weighted by molar-refractivity contribution is 6.55. The third-order valence-electron chi connectivity index (χ3n) is 2.63. The third kappa shape index (κ3) is 3.02. The van der Waals surface area contributed by atoms with Crippen LogP contribution in [-0.2, 0) is 11.5 Å². The molecule has 0 unspecified atom stereocenters. The van der Waals surface area contributed by atoms with Crippen molar-refractivity contribution in [3.8, 4) is 0 Å². The fraction of sp³-hybridized carbons (Fsp3) is 0.417. The molecule has 0 saturated heterocycles. The summed E-state index contributed by atoms with van der Waals surface area (Å²) in [6, 6.07) is 6.43. The highest BCUT2D eigenvalue weighted by atomic mass is 28.3. The number of fused-ring (bicyclic) bond motifs is 1. The normalized spacial score (nSPS) is 11.3. The van der Waals surface area contributed by atoms with Gasteiger partial charge in [0.1, 0.15) is 18.5 Å². The van der Waals surface area contributed by atoms with E-state index in [1.54, 1.807) is 22.9 Å². The lowest BCUT2D eigenvalue weighted by Crippen LogP contribution is -2.09. The Morgan fingerprint density at radius 1 is 1.44 bits per heavy atom. The van der Waals surface area contributed by atoms with Crippen LogP contribution in [-0.4, -0.2) is 36.7 Å². The number of aldehydes is 1. The molecule has 2 aromatic rings. The van der Waals surface area contributed by atoms with Crippen LogP contribution in [0.2, 0.25) is 19.1 Å². The van der Waals surface area contributed by atoms with E-state index < -0.39 is 0 Å². The minimum atomic E-state index is -0.244. The molecule has 0 aliphatic heterocycles. The van der Waals surface area contributed by atoms with Crippen molar-refractivity contribution < 1.29 is 9.53 Å². The van der Waals surface area contributed by atoms with Gasteiger partial charge in [-0.2, -0.15) is 0 Å². The highest BCUT2D eigenvalue weighted by Gasteiger charge is 2.05. The Labute approximate surface area is 107 Å². The largest absolute Gasteiger partial charge is 0.359 e. The number of benzene rings is 1. The second-order valence-electron chi connectivity index (χ2n) is 4.45. The van der Waals surface area contributed by atoms with Gasteiger partial charge in [-0.05, 0) is 24.2 Å². The molecule has 95 valence electrons. The van der Waals surface area contributed by atoms with Crippen LogP contribution in [0.5, 0.6) is 0 Å². The molecule has 1 heterocycles. The number of hydrogen-bond donors (Lipinski definition) is 0. The summed E-state index contributed by atoms with van der Waals surface area (Å²) < 4.78 is 7.25. The molecular formula is C12H16N3O2Si. The van der Waals surface area contributed by atoms with Crippen LogP contribution < -0.4 is 0 Å². The number of aromatic nitrogens is 3. The molecule has 1 aromatic carbocycles. The molecule has 0 bridgehead atoms. The van der Waals surface area contributed by atoms with Crippen LogP contribution in [0.25, 0.3) is 11.0 Å². The molecule has 0 fully saturated rings. The van der Waals surface area contributed by atoms with Crippen molar-refractivity contribution in [1.29, 1.82) is 0 Å². The molecule has 0 amide bonds. The monoisotopic (exact) mass is 262 g/mol. The number of ether oxygens (including phenoxy) is 1. The molecule has 1 aromatic heterocycles. The van der Waals surface area contributed by atoms with Crippen LogP contribution in [0.4, 0.5) is 0 Å². The molecule has 0 spiro atoms. The Morgan fingerprint density at radius 2 is 2.28 bits per heavy atom. The molecule has 18 heavy (non-hydrogen) atoms. The lowest BCUT2D eigenvalue weighted by atomic mass is 10.2. The molecule has 1 radical (unpaired) electrons. The summed E-state index contributed by atoms with van der Waals surface area (Å²) in [6.07, 6.45) is 0.820. The van der Waals surface area contributed by atoms with Crippen molar-refractivity contribution in [3.63, 3.8) is 0 Å². The van der Waals surface area contributed by atoms with Crippen LogP contribution in [0.15, 0.2) is 18.2 Å². The molecule has 0 aliphatic rings. The smallest absolute Gasteiger partial charge is 0.150 e. The summed E-state index contributed by atoms with van der Waals surface area (Å²) >= 11 is 0. The van der Waals surface area contributed by atoms with Crippen LogP contribution in [0.3, 0.4) is 0 Å². The zero-order chi connectivity index (χ0) is 13.0. The third-order valence-corrected chi connectivity index (χ3v) is 3.84. The van der Waals surface area contributed by atoms with Crippen LogP contribution >= 0.6 is 0 Å². The van der Waals surface area contributed by atoms with E-state index in [0.29, 0.717) is 12.3 Å². The molecular weight excluding hydrogens is 246 g/mol. The fourth-order valence-corrected chi connectivity index (χ4v) is 2.13. The average Bonchev–Trinajstić information content (AvgIpc) is 2.76. The first-order chi connectivity index (χ1) is 8.70. The van der Waals surface area contributed by atoms with Gasteiger partial charge in [-0.1, -0.05) is 18.3 Å². The lowest BCUT2D eigenvalue weighted by molar-refractivity contribution is 0.0806. The Kier molecular flexibility index (Phi) is 4.22. The van der Waals surface area contributed by atoms with Crippen molar-refractivity contribution in [2.45, 2.75) is 25.9 Å². The van der Waals surface area contributed by atoms with Crippen LogP contribution in [0.1, 0.15) is 10.4 Å². The zero-order valence-corrected chi connectivity index (χ0v) is 11.6. The van der Waals surface area contributed by atoms with Crippen molar-refractivity contribution in [1.82, 2.24) is 15.0 Å². The van der Waals surface area contributed by atoms with Gasteiger partial charge in [-0.3, -0.25) is 4.79 Å². The fourth-order valence-electron chi connectivity index (χ4n) is 1.58. The van der Waals surface area contributed by atoms with Crippen molar-refractivity contribution in [2.75, 3.05) is 6.61 Å². The molecule has 0 N–H and O–H groups in total. The molecule has 0 atom stereocenters. The van der Waals surface area contributed by atoms with E-state index in [4.69, 9.17) is 4.74 Å². The SMILES string of the molecule is C[Si](C)CCOCn1nnc2ccc(C=O)cc21. The van der Waals surface area contributed by atoms with E-state index in [1.807, 2.05) is 0 Å². The van der Waals surface area contributed by atoms with Gasteiger partial charge in [0.2, 0.25) is 0 Å². The Bertz CT molecular complexity index is 539. The van der Waals surface area contributed by atoms with Gasteiger partial charge in [-0.25, -0.2) is 4.68 Å². The van der Waals surface area contributed by atoms with E-state index in [9.17, 15) is 4.79 Å². The summed E-state index contributed by atoms with van der Waals surface area (Å²) in [6.45, 7) is 5.65.